The van der Waals surface area contributed by atoms with E-state index >= 15 is 0 Å². The molecule has 2 amide bonds. The lowest BCUT2D eigenvalue weighted by Crippen LogP contribution is -2.43. The fraction of sp³-hybridized carbons (Fsp3) is 0.609. The fourth-order valence-electron chi connectivity index (χ4n) is 3.55. The van der Waals surface area contributed by atoms with Crippen LogP contribution < -0.4 is 5.32 Å². The molecule has 7 nitrogen and oxygen atoms in total. The maximum atomic E-state index is 12.5. The summed E-state index contributed by atoms with van der Waals surface area (Å²) in [6, 6.07) is 4.00. The Bertz CT molecular complexity index is 781. The third kappa shape index (κ3) is 6.47. The Kier molecular flexibility index (Phi) is 7.50. The average Bonchev–Trinajstić information content (AvgIpc) is 2.63. The number of carbonyl (C=O) groups is 3. The number of ether oxygens (including phenoxy) is 2. The molecular weight excluding hydrogens is 384 g/mol. The Morgan fingerprint density at radius 1 is 1.07 bits per heavy atom. The number of amides is 2. The van der Waals surface area contributed by atoms with Crippen molar-refractivity contribution >= 4 is 23.7 Å². The van der Waals surface area contributed by atoms with Crippen molar-refractivity contribution in [3.05, 3.63) is 28.8 Å². The number of nitrogens with zero attached hydrogens (tertiary/aromatic N) is 1. The number of hydrogen-bond donors (Lipinski definition) is 1. The molecule has 0 aliphatic carbocycles. The van der Waals surface area contributed by atoms with E-state index in [0.717, 1.165) is 22.4 Å². The quantitative estimate of drug-likeness (QED) is 0.743. The largest absolute Gasteiger partial charge is 0.452 e. The zero-order valence-corrected chi connectivity index (χ0v) is 19.1. The summed E-state index contributed by atoms with van der Waals surface area (Å²) in [6.07, 6.45) is -0.294. The zero-order valence-electron chi connectivity index (χ0n) is 19.1. The minimum atomic E-state index is -0.901. The molecule has 166 valence electrons. The molecule has 0 unspecified atom stereocenters. The smallest absolute Gasteiger partial charge is 0.410 e. The van der Waals surface area contributed by atoms with E-state index in [1.165, 1.54) is 0 Å². The molecule has 1 atom stereocenters. The lowest BCUT2D eigenvalue weighted by molar-refractivity contribution is -0.158. The summed E-state index contributed by atoms with van der Waals surface area (Å²) < 4.78 is 10.8. The highest BCUT2D eigenvalue weighted by Crippen LogP contribution is 2.24. The molecule has 1 aliphatic heterocycles. The van der Waals surface area contributed by atoms with Crippen LogP contribution in [0.4, 0.5) is 10.5 Å². The zero-order chi connectivity index (χ0) is 22.6. The number of piperidine rings is 1. The normalized spacial score (nSPS) is 16.0. The van der Waals surface area contributed by atoms with Crippen LogP contribution in [0, 0.1) is 26.7 Å². The van der Waals surface area contributed by atoms with Gasteiger partial charge in [-0.05, 0) is 72.4 Å². The van der Waals surface area contributed by atoms with Crippen LogP contribution in [0.5, 0.6) is 0 Å². The second kappa shape index (κ2) is 9.49. The molecule has 1 aromatic rings. The highest BCUT2D eigenvalue weighted by Gasteiger charge is 2.32. The summed E-state index contributed by atoms with van der Waals surface area (Å²) in [5.74, 6) is -1.09. The van der Waals surface area contributed by atoms with Crippen LogP contribution >= 0.6 is 0 Å². The molecule has 1 fully saturated rings. The first kappa shape index (κ1) is 23.7. The number of benzene rings is 1. The lowest BCUT2D eigenvalue weighted by atomic mass is 9.97. The van der Waals surface area contributed by atoms with Crippen LogP contribution in [0.15, 0.2) is 12.1 Å². The summed E-state index contributed by atoms with van der Waals surface area (Å²) in [5.41, 5.74) is 3.26. The molecular formula is C23H34N2O5. The minimum absolute atomic E-state index is 0.332. The maximum Gasteiger partial charge on any atom is 0.410 e. The highest BCUT2D eigenvalue weighted by molar-refractivity contribution is 5.96. The number of anilines is 1. The van der Waals surface area contributed by atoms with Crippen LogP contribution in [0.2, 0.25) is 0 Å². The maximum absolute atomic E-state index is 12.5. The van der Waals surface area contributed by atoms with E-state index in [9.17, 15) is 14.4 Å². The van der Waals surface area contributed by atoms with Crippen LogP contribution in [0.3, 0.4) is 0 Å². The van der Waals surface area contributed by atoms with Crippen molar-refractivity contribution in [1.29, 1.82) is 0 Å². The number of rotatable bonds is 4. The number of carbonyl (C=O) groups excluding carboxylic acids is 3. The van der Waals surface area contributed by atoms with Crippen molar-refractivity contribution in [2.24, 2.45) is 5.92 Å². The van der Waals surface area contributed by atoms with E-state index in [4.69, 9.17) is 9.47 Å². The summed E-state index contributed by atoms with van der Waals surface area (Å²) in [6.45, 7) is 13.8. The van der Waals surface area contributed by atoms with E-state index in [1.54, 1.807) is 11.8 Å². The summed E-state index contributed by atoms with van der Waals surface area (Å²) in [4.78, 5) is 38.8. The van der Waals surface area contributed by atoms with Gasteiger partial charge in [0.1, 0.15) is 5.60 Å². The van der Waals surface area contributed by atoms with E-state index < -0.39 is 17.7 Å². The molecule has 1 heterocycles. The van der Waals surface area contributed by atoms with Crippen molar-refractivity contribution in [2.75, 3.05) is 18.4 Å². The topological polar surface area (TPSA) is 84.9 Å². The summed E-state index contributed by atoms with van der Waals surface area (Å²) >= 11 is 0. The number of hydrogen-bond acceptors (Lipinski definition) is 5. The summed E-state index contributed by atoms with van der Waals surface area (Å²) in [5, 5.41) is 2.87. The SMILES string of the molecule is Cc1cc(C)c(NC(=O)[C@H](C)OC(=O)C2CCN(C(=O)OC(C)(C)C)CC2)c(C)c1. The van der Waals surface area contributed by atoms with Gasteiger partial charge in [-0.2, -0.15) is 0 Å². The lowest BCUT2D eigenvalue weighted by Gasteiger charge is -2.32. The second-order valence-electron chi connectivity index (χ2n) is 9.08. The molecule has 1 aromatic carbocycles. The van der Waals surface area contributed by atoms with Gasteiger partial charge in [-0.15, -0.1) is 0 Å². The van der Waals surface area contributed by atoms with E-state index in [1.807, 2.05) is 53.7 Å². The van der Waals surface area contributed by atoms with Crippen molar-refractivity contribution in [2.45, 2.75) is 73.0 Å². The predicted octanol–water partition coefficient (Wildman–Crippen LogP) is 4.13. The molecule has 1 aliphatic rings. The number of aryl methyl sites for hydroxylation is 3. The minimum Gasteiger partial charge on any atom is -0.452 e. The van der Waals surface area contributed by atoms with E-state index in [2.05, 4.69) is 5.32 Å². The molecule has 1 saturated heterocycles. The van der Waals surface area contributed by atoms with Crippen LogP contribution in [0.25, 0.3) is 0 Å². The Morgan fingerprint density at radius 3 is 2.10 bits per heavy atom. The first-order valence-corrected chi connectivity index (χ1v) is 10.4. The van der Waals surface area contributed by atoms with Gasteiger partial charge in [-0.1, -0.05) is 17.7 Å². The predicted molar refractivity (Wildman–Crippen MR) is 115 cm³/mol. The first-order valence-electron chi connectivity index (χ1n) is 10.4. The van der Waals surface area contributed by atoms with Gasteiger partial charge >= 0.3 is 12.1 Å². The van der Waals surface area contributed by atoms with Crippen LogP contribution in [0.1, 0.15) is 57.2 Å². The molecule has 7 heteroatoms. The number of nitrogens with one attached hydrogen (secondary N) is 1. The molecule has 30 heavy (non-hydrogen) atoms. The Hall–Kier alpha value is -2.57. The molecule has 0 bridgehead atoms. The van der Waals surface area contributed by atoms with Crippen molar-refractivity contribution in [3.8, 4) is 0 Å². The molecule has 0 saturated carbocycles. The van der Waals surface area contributed by atoms with Gasteiger partial charge in [-0.25, -0.2) is 4.79 Å². The Balaban J connectivity index is 1.86. The van der Waals surface area contributed by atoms with Crippen molar-refractivity contribution in [3.63, 3.8) is 0 Å². The Morgan fingerprint density at radius 2 is 1.60 bits per heavy atom. The van der Waals surface area contributed by atoms with Gasteiger partial charge in [-0.3, -0.25) is 9.59 Å². The molecule has 1 N–H and O–H groups in total. The highest BCUT2D eigenvalue weighted by atomic mass is 16.6. The van der Waals surface area contributed by atoms with E-state index in [-0.39, 0.29) is 17.9 Å². The Labute approximate surface area is 179 Å². The monoisotopic (exact) mass is 418 g/mol. The molecule has 2 rings (SSSR count). The second-order valence-corrected chi connectivity index (χ2v) is 9.08. The van der Waals surface area contributed by atoms with Crippen LogP contribution in [-0.2, 0) is 19.1 Å². The number of esters is 1. The molecule has 0 aromatic heterocycles. The third-order valence-electron chi connectivity index (χ3n) is 5.07. The van der Waals surface area contributed by atoms with Gasteiger partial charge in [0, 0.05) is 18.8 Å². The third-order valence-corrected chi connectivity index (χ3v) is 5.07. The first-order chi connectivity index (χ1) is 13.9. The molecule has 0 spiro atoms. The van der Waals surface area contributed by atoms with Gasteiger partial charge in [0.05, 0.1) is 5.92 Å². The van der Waals surface area contributed by atoms with Crippen molar-refractivity contribution < 1.29 is 23.9 Å². The van der Waals surface area contributed by atoms with Crippen molar-refractivity contribution in [1.82, 2.24) is 4.90 Å². The van der Waals surface area contributed by atoms with Gasteiger partial charge < -0.3 is 19.7 Å². The van der Waals surface area contributed by atoms with Gasteiger partial charge in [0.15, 0.2) is 6.10 Å². The summed E-state index contributed by atoms with van der Waals surface area (Å²) in [7, 11) is 0. The standard InChI is InChI=1S/C23H34N2O5/c1-14-12-15(2)19(16(3)13-14)24-20(26)17(4)29-21(27)18-8-10-25(11-9-18)22(28)30-23(5,6)7/h12-13,17-18H,8-11H2,1-7H3,(H,24,26)/t17-/m0/s1. The fourth-order valence-corrected chi connectivity index (χ4v) is 3.55. The molecule has 0 radical (unpaired) electrons. The van der Waals surface area contributed by atoms with Crippen LogP contribution in [-0.4, -0.2) is 47.7 Å². The van der Waals surface area contributed by atoms with Gasteiger partial charge in [0.25, 0.3) is 5.91 Å². The van der Waals surface area contributed by atoms with E-state index in [0.29, 0.717) is 25.9 Å². The van der Waals surface area contributed by atoms with Gasteiger partial charge in [0.2, 0.25) is 0 Å². The average molecular weight is 419 g/mol. The number of likely N-dealkylation sites (tertiary alicyclic amines) is 1.